The first-order valence-corrected chi connectivity index (χ1v) is 4.42. The summed E-state index contributed by atoms with van der Waals surface area (Å²) in [4.78, 5) is 10.5. The van der Waals surface area contributed by atoms with E-state index in [2.05, 4.69) is 12.5 Å². The van der Waals surface area contributed by atoms with Gasteiger partial charge in [0.05, 0.1) is 6.10 Å². The van der Waals surface area contributed by atoms with Crippen LogP contribution in [0.2, 0.25) is 0 Å². The van der Waals surface area contributed by atoms with Crippen molar-refractivity contribution in [1.82, 2.24) is 0 Å². The van der Waals surface area contributed by atoms with Gasteiger partial charge in [0, 0.05) is 18.4 Å². The molecule has 4 nitrogen and oxygen atoms in total. The maximum absolute atomic E-state index is 10.5. The zero-order valence-electron chi connectivity index (χ0n) is 8.14. The van der Waals surface area contributed by atoms with Gasteiger partial charge in [-0.15, -0.1) is 6.42 Å². The molecule has 1 aliphatic carbocycles. The summed E-state index contributed by atoms with van der Waals surface area (Å²) in [7, 11) is 0. The van der Waals surface area contributed by atoms with Crippen LogP contribution in [0.3, 0.4) is 0 Å². The maximum atomic E-state index is 10.5. The molecule has 0 spiro atoms. The van der Waals surface area contributed by atoms with Crippen molar-refractivity contribution < 1.29 is 19.7 Å². The number of aliphatic hydroxyl groups is 1. The molecule has 0 aromatic heterocycles. The third-order valence-corrected chi connectivity index (χ3v) is 2.29. The van der Waals surface area contributed by atoms with Crippen molar-refractivity contribution in [2.24, 2.45) is 0 Å². The molecule has 0 saturated heterocycles. The fourth-order valence-corrected chi connectivity index (χ4v) is 1.65. The Bertz CT molecular complexity index is 350. The van der Waals surface area contributed by atoms with Crippen LogP contribution in [0.25, 0.3) is 0 Å². The van der Waals surface area contributed by atoms with Crippen LogP contribution in [-0.2, 0) is 4.74 Å². The first kappa shape index (κ1) is 11.3. The van der Waals surface area contributed by atoms with Gasteiger partial charge in [0.2, 0.25) is 0 Å². The topological polar surface area (TPSA) is 66.8 Å². The molecule has 0 radical (unpaired) electrons. The first-order valence-electron chi connectivity index (χ1n) is 4.42. The summed E-state index contributed by atoms with van der Waals surface area (Å²) in [5, 5.41) is 18.1. The molecule has 1 aliphatic rings. The number of aliphatic hydroxyl groups excluding tert-OH is 1. The molecule has 0 fully saturated rings. The highest BCUT2D eigenvalue weighted by atomic mass is 16.7. The Morgan fingerprint density at radius 3 is 3.00 bits per heavy atom. The van der Waals surface area contributed by atoms with E-state index in [0.717, 1.165) is 0 Å². The summed E-state index contributed by atoms with van der Waals surface area (Å²) in [6, 6.07) is 0. The Morgan fingerprint density at radius 2 is 2.53 bits per heavy atom. The van der Waals surface area contributed by atoms with Crippen LogP contribution in [0.1, 0.15) is 12.8 Å². The standard InChI is InChI=1S/C11H12O4/c1-3-8-5-9(12)7-11(4-2,6-8)15-10(13)14/h1,4-5,9,12H,2,6-7H2,(H,13,14)/t9-,11-/m0/s1. The van der Waals surface area contributed by atoms with E-state index in [-0.39, 0.29) is 12.8 Å². The summed E-state index contributed by atoms with van der Waals surface area (Å²) >= 11 is 0. The average Bonchev–Trinajstić information content (AvgIpc) is 2.15. The number of hydrogen-bond donors (Lipinski definition) is 2. The second-order valence-corrected chi connectivity index (χ2v) is 3.42. The van der Waals surface area contributed by atoms with E-state index in [4.69, 9.17) is 16.3 Å². The summed E-state index contributed by atoms with van der Waals surface area (Å²) in [5.74, 6) is 2.38. The molecule has 0 amide bonds. The predicted octanol–water partition coefficient (Wildman–Crippen LogP) is 1.32. The second-order valence-electron chi connectivity index (χ2n) is 3.42. The third-order valence-electron chi connectivity index (χ3n) is 2.29. The van der Waals surface area contributed by atoms with Gasteiger partial charge in [-0.3, -0.25) is 0 Å². The fraction of sp³-hybridized carbons (Fsp3) is 0.364. The monoisotopic (exact) mass is 208 g/mol. The van der Waals surface area contributed by atoms with Gasteiger partial charge in [-0.05, 0) is 12.2 Å². The predicted molar refractivity (Wildman–Crippen MR) is 54.2 cm³/mol. The van der Waals surface area contributed by atoms with Crippen LogP contribution in [0, 0.1) is 12.3 Å². The first-order chi connectivity index (χ1) is 7.01. The minimum atomic E-state index is -1.40. The van der Waals surface area contributed by atoms with Crippen LogP contribution < -0.4 is 0 Å². The number of terminal acetylenes is 1. The summed E-state index contributed by atoms with van der Waals surface area (Å²) < 4.78 is 4.73. The second kappa shape index (κ2) is 4.20. The zero-order chi connectivity index (χ0) is 11.5. The zero-order valence-corrected chi connectivity index (χ0v) is 8.14. The highest BCUT2D eigenvalue weighted by Crippen LogP contribution is 2.32. The lowest BCUT2D eigenvalue weighted by Gasteiger charge is -2.33. The van der Waals surface area contributed by atoms with Gasteiger partial charge >= 0.3 is 6.16 Å². The van der Waals surface area contributed by atoms with Gasteiger partial charge in [0.15, 0.2) is 0 Å². The molecule has 80 valence electrons. The van der Waals surface area contributed by atoms with E-state index in [1.54, 1.807) is 0 Å². The minimum Gasteiger partial charge on any atom is -0.450 e. The van der Waals surface area contributed by atoms with Crippen molar-refractivity contribution in [3.05, 3.63) is 24.3 Å². The van der Waals surface area contributed by atoms with E-state index in [1.807, 2.05) is 0 Å². The molecule has 2 N–H and O–H groups in total. The molecular formula is C11H12O4. The fourth-order valence-electron chi connectivity index (χ4n) is 1.65. The van der Waals surface area contributed by atoms with Crippen molar-refractivity contribution in [1.29, 1.82) is 0 Å². The largest absolute Gasteiger partial charge is 0.506 e. The molecule has 0 unspecified atom stereocenters. The molecule has 1 rings (SSSR count). The lowest BCUT2D eigenvalue weighted by molar-refractivity contribution is -0.0151. The minimum absolute atomic E-state index is 0.147. The van der Waals surface area contributed by atoms with Gasteiger partial charge in [-0.1, -0.05) is 12.5 Å². The van der Waals surface area contributed by atoms with Crippen molar-refractivity contribution in [2.75, 3.05) is 0 Å². The van der Waals surface area contributed by atoms with Crippen LogP contribution >= 0.6 is 0 Å². The van der Waals surface area contributed by atoms with E-state index < -0.39 is 17.9 Å². The van der Waals surface area contributed by atoms with Crippen LogP contribution in [0.5, 0.6) is 0 Å². The van der Waals surface area contributed by atoms with Gasteiger partial charge < -0.3 is 14.9 Å². The Hall–Kier alpha value is -1.73. The Balaban J connectivity index is 2.94. The lowest BCUT2D eigenvalue weighted by Crippen LogP contribution is -2.39. The Labute approximate surface area is 87.9 Å². The quantitative estimate of drug-likeness (QED) is 0.408. The van der Waals surface area contributed by atoms with Crippen molar-refractivity contribution in [3.8, 4) is 12.3 Å². The average molecular weight is 208 g/mol. The SMILES string of the molecule is C#CC1=C[C@H](O)C[C@@](C=C)(OC(=O)O)C1. The molecule has 0 bridgehead atoms. The van der Waals surface area contributed by atoms with E-state index >= 15 is 0 Å². The Morgan fingerprint density at radius 1 is 1.87 bits per heavy atom. The third kappa shape index (κ3) is 2.61. The van der Waals surface area contributed by atoms with Gasteiger partial charge in [-0.25, -0.2) is 4.79 Å². The lowest BCUT2D eigenvalue weighted by atomic mass is 9.83. The smallest absolute Gasteiger partial charge is 0.450 e. The summed E-state index contributed by atoms with van der Waals surface area (Å²) in [6.45, 7) is 3.52. The summed E-state index contributed by atoms with van der Waals surface area (Å²) in [6.07, 6.45) is 6.28. The molecule has 2 atom stereocenters. The van der Waals surface area contributed by atoms with E-state index in [9.17, 15) is 9.90 Å². The van der Waals surface area contributed by atoms with Gasteiger partial charge in [-0.2, -0.15) is 0 Å². The van der Waals surface area contributed by atoms with Crippen molar-refractivity contribution in [3.63, 3.8) is 0 Å². The molecule has 0 aromatic carbocycles. The van der Waals surface area contributed by atoms with Crippen LogP contribution in [-0.4, -0.2) is 28.1 Å². The summed E-state index contributed by atoms with van der Waals surface area (Å²) in [5.41, 5.74) is -0.586. The highest BCUT2D eigenvalue weighted by molar-refractivity contribution is 5.58. The maximum Gasteiger partial charge on any atom is 0.506 e. The van der Waals surface area contributed by atoms with Crippen LogP contribution in [0.4, 0.5) is 4.79 Å². The number of carboxylic acid groups (broad SMARTS) is 1. The van der Waals surface area contributed by atoms with E-state index in [0.29, 0.717) is 5.57 Å². The number of rotatable bonds is 2. The number of hydrogen-bond acceptors (Lipinski definition) is 3. The van der Waals surface area contributed by atoms with Crippen LogP contribution in [0.15, 0.2) is 24.3 Å². The van der Waals surface area contributed by atoms with E-state index in [1.165, 1.54) is 12.2 Å². The molecule has 4 heteroatoms. The molecule has 0 saturated carbocycles. The van der Waals surface area contributed by atoms with Gasteiger partial charge in [0.1, 0.15) is 5.60 Å². The Kier molecular flexibility index (Phi) is 3.17. The highest BCUT2D eigenvalue weighted by Gasteiger charge is 2.37. The molecule has 0 aromatic rings. The number of carbonyl (C=O) groups is 1. The normalized spacial score (nSPS) is 29.9. The molecular weight excluding hydrogens is 196 g/mol. The van der Waals surface area contributed by atoms with Crippen molar-refractivity contribution >= 4 is 6.16 Å². The molecule has 0 aliphatic heterocycles. The van der Waals surface area contributed by atoms with Crippen molar-refractivity contribution in [2.45, 2.75) is 24.5 Å². The molecule has 0 heterocycles. The molecule has 15 heavy (non-hydrogen) atoms. The number of ether oxygens (including phenoxy) is 1. The van der Waals surface area contributed by atoms with Gasteiger partial charge in [0.25, 0.3) is 0 Å².